The Kier molecular flexibility index (Phi) is 6.00. The van der Waals surface area contributed by atoms with E-state index in [2.05, 4.69) is 30.6 Å². The molecule has 3 aliphatic rings. The van der Waals surface area contributed by atoms with Gasteiger partial charge in [-0.1, -0.05) is 0 Å². The maximum atomic E-state index is 12.5. The van der Waals surface area contributed by atoms with E-state index in [1.807, 2.05) is 0 Å². The van der Waals surface area contributed by atoms with Crippen molar-refractivity contribution in [3.8, 4) is 0 Å². The summed E-state index contributed by atoms with van der Waals surface area (Å²) in [7, 11) is 0. The van der Waals surface area contributed by atoms with Crippen molar-refractivity contribution in [2.24, 2.45) is 5.92 Å². The molecule has 1 aromatic heterocycles. The summed E-state index contributed by atoms with van der Waals surface area (Å²) in [6.07, 6.45) is 3.27. The second-order valence-electron chi connectivity index (χ2n) is 7.30. The van der Waals surface area contributed by atoms with Crippen molar-refractivity contribution in [1.29, 1.82) is 0 Å². The summed E-state index contributed by atoms with van der Waals surface area (Å²) in [4.78, 5) is 31.4. The Bertz CT molecular complexity index is 765. The number of tetrazole rings is 1. The Balaban J connectivity index is 1.20. The third-order valence-corrected chi connectivity index (χ3v) is 5.66. The zero-order valence-corrected chi connectivity index (χ0v) is 16.2. The first-order chi connectivity index (χ1) is 14.0. The Labute approximate surface area is 168 Å². The number of rotatable bonds is 8. The highest BCUT2D eigenvalue weighted by molar-refractivity contribution is 7.74. The normalized spacial score (nSPS) is 30.0. The summed E-state index contributed by atoms with van der Waals surface area (Å²) in [5.41, 5.74) is 2.41. The largest absolute Gasteiger partial charge is 0.748 e. The molecular formula is C14H21N8O6S-. The number of fused-ring (bicyclic) bond motifs is 2. The topological polar surface area (TPSA) is 167 Å². The first kappa shape index (κ1) is 20.1. The molecule has 0 saturated carbocycles. The van der Waals surface area contributed by atoms with Gasteiger partial charge in [-0.05, 0) is 35.6 Å². The van der Waals surface area contributed by atoms with Gasteiger partial charge < -0.3 is 14.8 Å². The number of nitrogens with one attached hydrogen (secondary N) is 2. The third kappa shape index (κ3) is 4.53. The van der Waals surface area contributed by atoms with E-state index in [9.17, 15) is 18.4 Å². The predicted octanol–water partition coefficient (Wildman–Crippen LogP) is -2.31. The summed E-state index contributed by atoms with van der Waals surface area (Å²) in [6, 6.07) is -1.67. The minimum absolute atomic E-state index is 0.0804. The number of hydroxylamine groups is 3. The van der Waals surface area contributed by atoms with Gasteiger partial charge in [0, 0.05) is 25.7 Å². The molecule has 0 aliphatic carbocycles. The average Bonchev–Trinajstić information content (AvgIpc) is 3.41. The molecule has 160 valence electrons. The van der Waals surface area contributed by atoms with Gasteiger partial charge >= 0.3 is 6.03 Å². The van der Waals surface area contributed by atoms with Crippen molar-refractivity contribution in [2.45, 2.75) is 43.9 Å². The summed E-state index contributed by atoms with van der Waals surface area (Å²) in [5.74, 6) is -0.0806. The molecule has 3 saturated heterocycles. The van der Waals surface area contributed by atoms with Crippen LogP contribution in [0.2, 0.25) is 0 Å². The molecule has 3 amide bonds. The molecule has 5 atom stereocenters. The number of hydrogen-bond donors (Lipinski definition) is 2. The van der Waals surface area contributed by atoms with Gasteiger partial charge in [0.2, 0.25) is 0 Å². The SMILES string of the molecule is O=C(NOC[C@@H]1C[C@@H](Cn2cnnn2)CN1)C1CCC2CN1C(=O)N2OS(=O)[O-]. The van der Waals surface area contributed by atoms with Crippen molar-refractivity contribution < 1.29 is 27.5 Å². The lowest BCUT2D eigenvalue weighted by atomic mass is 10.0. The molecule has 29 heavy (non-hydrogen) atoms. The van der Waals surface area contributed by atoms with E-state index in [0.717, 1.165) is 18.0 Å². The van der Waals surface area contributed by atoms with Crippen LogP contribution in [0.25, 0.3) is 0 Å². The lowest BCUT2D eigenvalue weighted by molar-refractivity contribution is -0.139. The molecule has 3 fully saturated rings. The van der Waals surface area contributed by atoms with Gasteiger partial charge in [-0.3, -0.25) is 9.63 Å². The van der Waals surface area contributed by atoms with Crippen LogP contribution in [0.5, 0.6) is 0 Å². The number of carbonyl (C=O) groups excluding carboxylic acids is 2. The molecule has 1 aromatic rings. The van der Waals surface area contributed by atoms with E-state index >= 15 is 0 Å². The van der Waals surface area contributed by atoms with Crippen LogP contribution < -0.4 is 10.8 Å². The molecule has 3 aliphatic heterocycles. The zero-order valence-electron chi connectivity index (χ0n) is 15.4. The number of urea groups is 1. The molecule has 0 aromatic carbocycles. The lowest BCUT2D eigenvalue weighted by Crippen LogP contribution is -2.50. The van der Waals surface area contributed by atoms with Gasteiger partial charge in [-0.25, -0.2) is 19.2 Å². The van der Waals surface area contributed by atoms with Gasteiger partial charge in [0.15, 0.2) is 0 Å². The number of amides is 3. The highest BCUT2D eigenvalue weighted by Crippen LogP contribution is 2.30. The second-order valence-corrected chi connectivity index (χ2v) is 7.86. The predicted molar refractivity (Wildman–Crippen MR) is 92.6 cm³/mol. The number of aromatic nitrogens is 4. The third-order valence-electron chi connectivity index (χ3n) is 5.37. The fourth-order valence-corrected chi connectivity index (χ4v) is 4.36. The van der Waals surface area contributed by atoms with E-state index in [4.69, 9.17) is 4.84 Å². The number of piperidine rings is 1. The molecule has 0 radical (unpaired) electrons. The van der Waals surface area contributed by atoms with Crippen molar-refractivity contribution in [3.63, 3.8) is 0 Å². The minimum atomic E-state index is -2.84. The number of nitrogens with zero attached hydrogens (tertiary/aromatic N) is 6. The summed E-state index contributed by atoms with van der Waals surface area (Å²) in [6.45, 7) is 2.02. The van der Waals surface area contributed by atoms with Crippen LogP contribution in [0.1, 0.15) is 19.3 Å². The molecule has 2 N–H and O–H groups in total. The van der Waals surface area contributed by atoms with Crippen molar-refractivity contribution >= 4 is 23.3 Å². The summed E-state index contributed by atoms with van der Waals surface area (Å²) < 4.78 is 27.7. The highest BCUT2D eigenvalue weighted by atomic mass is 32.2. The van der Waals surface area contributed by atoms with E-state index in [1.54, 1.807) is 11.0 Å². The molecule has 14 nitrogen and oxygen atoms in total. The maximum Gasteiger partial charge on any atom is 0.346 e. The van der Waals surface area contributed by atoms with Crippen LogP contribution in [0.15, 0.2) is 6.33 Å². The standard InChI is InChI=1S/C14H22N8O6S/c23-13(12-2-1-11-6-21(12)14(24)22(11)28-29(25)26)17-27-7-10-3-9(4-15-10)5-20-8-16-18-19-20/h8-12,15H,1-7H2,(H,17,23)(H,25,26)/p-1/t9-,10+,11?,12?/m1/s1. The van der Waals surface area contributed by atoms with Gasteiger partial charge in [-0.15, -0.1) is 5.10 Å². The highest BCUT2D eigenvalue weighted by Gasteiger charge is 2.48. The van der Waals surface area contributed by atoms with Gasteiger partial charge in [0.1, 0.15) is 23.7 Å². The van der Waals surface area contributed by atoms with E-state index in [1.165, 1.54) is 4.90 Å². The van der Waals surface area contributed by atoms with Crippen LogP contribution in [-0.2, 0) is 31.8 Å². The van der Waals surface area contributed by atoms with Crippen LogP contribution in [0, 0.1) is 5.92 Å². The van der Waals surface area contributed by atoms with Crippen molar-refractivity contribution in [2.75, 3.05) is 19.7 Å². The minimum Gasteiger partial charge on any atom is -0.748 e. The molecule has 4 heterocycles. The first-order valence-electron chi connectivity index (χ1n) is 9.24. The summed E-state index contributed by atoms with van der Waals surface area (Å²) >= 11 is -2.84. The van der Waals surface area contributed by atoms with Crippen LogP contribution in [-0.4, -0.2) is 88.7 Å². The fraction of sp³-hybridized carbons (Fsp3) is 0.786. The average molecular weight is 429 g/mol. The molecule has 2 bridgehead atoms. The Morgan fingerprint density at radius 2 is 2.31 bits per heavy atom. The summed E-state index contributed by atoms with van der Waals surface area (Å²) in [5, 5.41) is 15.2. The van der Waals surface area contributed by atoms with E-state index in [0.29, 0.717) is 25.3 Å². The Morgan fingerprint density at radius 3 is 3.07 bits per heavy atom. The van der Waals surface area contributed by atoms with E-state index in [-0.39, 0.29) is 25.2 Å². The zero-order chi connectivity index (χ0) is 20.4. The van der Waals surface area contributed by atoms with Gasteiger partial charge in [0.05, 0.1) is 12.6 Å². The molecule has 0 spiro atoms. The number of carbonyl (C=O) groups is 2. The lowest BCUT2D eigenvalue weighted by Gasteiger charge is -2.29. The second kappa shape index (κ2) is 8.66. The van der Waals surface area contributed by atoms with Crippen molar-refractivity contribution in [1.82, 2.24) is 41.0 Å². The number of hydrogen-bond acceptors (Lipinski definition) is 10. The van der Waals surface area contributed by atoms with Crippen LogP contribution in [0.4, 0.5) is 4.79 Å². The first-order valence-corrected chi connectivity index (χ1v) is 10.2. The molecular weight excluding hydrogens is 408 g/mol. The van der Waals surface area contributed by atoms with E-state index < -0.39 is 29.3 Å². The molecule has 3 unspecified atom stereocenters. The monoisotopic (exact) mass is 429 g/mol. The quantitative estimate of drug-likeness (QED) is 0.338. The van der Waals surface area contributed by atoms with Crippen LogP contribution in [0.3, 0.4) is 0 Å². The molecule has 15 heteroatoms. The fourth-order valence-electron chi connectivity index (χ4n) is 4.05. The van der Waals surface area contributed by atoms with Crippen molar-refractivity contribution in [3.05, 3.63) is 6.33 Å². The maximum absolute atomic E-state index is 12.5. The Morgan fingerprint density at radius 1 is 1.45 bits per heavy atom. The van der Waals surface area contributed by atoms with Gasteiger partial charge in [0.25, 0.3) is 5.91 Å². The molecule has 4 rings (SSSR count). The van der Waals surface area contributed by atoms with Crippen LogP contribution >= 0.6 is 0 Å². The smallest absolute Gasteiger partial charge is 0.346 e. The van der Waals surface area contributed by atoms with Gasteiger partial charge in [-0.2, -0.15) is 9.35 Å². The Hall–Kier alpha value is -2.20.